The summed E-state index contributed by atoms with van der Waals surface area (Å²) in [6, 6.07) is 13.3. The molecule has 116 valence electrons. The van der Waals surface area contributed by atoms with Crippen molar-refractivity contribution < 1.29 is 4.79 Å². The van der Waals surface area contributed by atoms with Crippen LogP contribution in [0.3, 0.4) is 0 Å². The van der Waals surface area contributed by atoms with Gasteiger partial charge in [-0.3, -0.25) is 9.59 Å². The number of para-hydroxylation sites is 1. The number of fused-ring (bicyclic) bond motifs is 1. The zero-order valence-electron chi connectivity index (χ0n) is 12.6. The van der Waals surface area contributed by atoms with Crippen LogP contribution >= 0.6 is 11.3 Å². The Kier molecular flexibility index (Phi) is 4.39. The molecule has 0 saturated carbocycles. The molecule has 0 aliphatic heterocycles. The quantitative estimate of drug-likeness (QED) is 0.723. The fourth-order valence-corrected chi connectivity index (χ4v) is 3.01. The van der Waals surface area contributed by atoms with Gasteiger partial charge in [0.15, 0.2) is 0 Å². The van der Waals surface area contributed by atoms with Crippen LogP contribution in [-0.2, 0) is 11.3 Å². The minimum Gasteiger partial charge on any atom is -0.348 e. The van der Waals surface area contributed by atoms with E-state index in [2.05, 4.69) is 10.3 Å². The van der Waals surface area contributed by atoms with E-state index in [1.54, 1.807) is 18.3 Å². The highest BCUT2D eigenvalue weighted by Crippen LogP contribution is 2.13. The molecule has 0 aliphatic rings. The molecule has 0 atom stereocenters. The lowest BCUT2D eigenvalue weighted by Crippen LogP contribution is -2.27. The molecule has 0 unspecified atom stereocenters. The molecule has 23 heavy (non-hydrogen) atoms. The third kappa shape index (κ3) is 3.57. The topological polar surface area (TPSA) is 62.0 Å². The molecule has 0 radical (unpaired) electrons. The summed E-state index contributed by atoms with van der Waals surface area (Å²) in [5.74, 6) is -0.175. The summed E-state index contributed by atoms with van der Waals surface area (Å²) in [6.45, 7) is 1.97. The van der Waals surface area contributed by atoms with Crippen LogP contribution in [0.1, 0.15) is 17.4 Å². The SMILES string of the molecule is C/C(=C\c1cccs1)C(=O)NCc1cc2ccccc2[nH]c1=O. The summed E-state index contributed by atoms with van der Waals surface area (Å²) in [7, 11) is 0. The first-order valence-electron chi connectivity index (χ1n) is 7.24. The maximum Gasteiger partial charge on any atom is 0.253 e. The number of H-pyrrole nitrogens is 1. The normalized spacial score (nSPS) is 11.6. The Morgan fingerprint density at radius 1 is 1.26 bits per heavy atom. The van der Waals surface area contributed by atoms with Gasteiger partial charge in [0.2, 0.25) is 5.91 Å². The summed E-state index contributed by atoms with van der Waals surface area (Å²) >= 11 is 1.58. The van der Waals surface area contributed by atoms with E-state index < -0.39 is 0 Å². The summed E-state index contributed by atoms with van der Waals surface area (Å²) in [6.07, 6.45) is 1.84. The highest BCUT2D eigenvalue weighted by Gasteiger charge is 2.07. The average Bonchev–Trinajstić information content (AvgIpc) is 3.05. The van der Waals surface area contributed by atoms with Crippen LogP contribution in [0.15, 0.2) is 58.2 Å². The lowest BCUT2D eigenvalue weighted by molar-refractivity contribution is -0.117. The van der Waals surface area contributed by atoms with Gasteiger partial charge in [-0.25, -0.2) is 0 Å². The van der Waals surface area contributed by atoms with Gasteiger partial charge in [0, 0.05) is 28.1 Å². The van der Waals surface area contributed by atoms with Gasteiger partial charge in [-0.15, -0.1) is 11.3 Å². The van der Waals surface area contributed by atoms with Gasteiger partial charge >= 0.3 is 0 Å². The second-order valence-corrected chi connectivity index (χ2v) is 6.22. The number of aromatic nitrogens is 1. The second-order valence-electron chi connectivity index (χ2n) is 5.24. The fourth-order valence-electron chi connectivity index (χ4n) is 2.29. The third-order valence-electron chi connectivity index (χ3n) is 3.53. The Morgan fingerprint density at radius 3 is 2.87 bits per heavy atom. The lowest BCUT2D eigenvalue weighted by atomic mass is 10.1. The molecule has 2 heterocycles. The molecule has 0 fully saturated rings. The second kappa shape index (κ2) is 6.62. The van der Waals surface area contributed by atoms with Gasteiger partial charge in [-0.05, 0) is 42.0 Å². The van der Waals surface area contributed by atoms with Gasteiger partial charge in [-0.1, -0.05) is 24.3 Å². The first kappa shape index (κ1) is 15.2. The Balaban J connectivity index is 1.74. The molecular formula is C18H16N2O2S. The number of benzene rings is 1. The predicted octanol–water partition coefficient (Wildman–Crippen LogP) is 3.31. The number of hydrogen-bond acceptors (Lipinski definition) is 3. The zero-order chi connectivity index (χ0) is 16.2. The van der Waals surface area contributed by atoms with Crippen LogP contribution in [0, 0.1) is 0 Å². The highest BCUT2D eigenvalue weighted by atomic mass is 32.1. The fraction of sp³-hybridized carbons (Fsp3) is 0.111. The summed E-state index contributed by atoms with van der Waals surface area (Å²) in [5.41, 5.74) is 1.77. The first-order chi connectivity index (χ1) is 11.1. The van der Waals surface area contributed by atoms with E-state index in [0.717, 1.165) is 15.8 Å². The van der Waals surface area contributed by atoms with E-state index in [-0.39, 0.29) is 18.0 Å². The summed E-state index contributed by atoms with van der Waals surface area (Å²) in [4.78, 5) is 28.0. The van der Waals surface area contributed by atoms with Crippen LogP contribution in [0.25, 0.3) is 17.0 Å². The number of carbonyl (C=O) groups is 1. The molecule has 0 aliphatic carbocycles. The molecule has 2 aromatic heterocycles. The van der Waals surface area contributed by atoms with Gasteiger partial charge in [0.1, 0.15) is 0 Å². The van der Waals surface area contributed by atoms with E-state index in [1.165, 1.54) is 0 Å². The number of carbonyl (C=O) groups excluding carboxylic acids is 1. The van der Waals surface area contributed by atoms with Gasteiger partial charge < -0.3 is 10.3 Å². The smallest absolute Gasteiger partial charge is 0.253 e. The Morgan fingerprint density at radius 2 is 2.09 bits per heavy atom. The Bertz CT molecular complexity index is 924. The number of hydrogen-bond donors (Lipinski definition) is 2. The van der Waals surface area contributed by atoms with Crippen molar-refractivity contribution in [3.8, 4) is 0 Å². The predicted molar refractivity (Wildman–Crippen MR) is 94.4 cm³/mol. The number of amides is 1. The van der Waals surface area contributed by atoms with Crippen LogP contribution in [0.4, 0.5) is 0 Å². The molecule has 0 saturated heterocycles. The molecule has 4 nitrogen and oxygen atoms in total. The van der Waals surface area contributed by atoms with Crippen molar-refractivity contribution in [2.75, 3.05) is 0 Å². The molecule has 3 aromatic rings. The molecule has 1 aromatic carbocycles. The number of aromatic amines is 1. The number of rotatable bonds is 4. The van der Waals surface area contributed by atoms with Crippen molar-refractivity contribution in [3.05, 3.63) is 74.2 Å². The molecule has 1 amide bonds. The summed E-state index contributed by atoms with van der Waals surface area (Å²) in [5, 5.41) is 5.70. The van der Waals surface area contributed by atoms with Crippen molar-refractivity contribution in [2.45, 2.75) is 13.5 Å². The Hall–Kier alpha value is -2.66. The Labute approximate surface area is 137 Å². The number of pyridine rings is 1. The van der Waals surface area contributed by atoms with Crippen LogP contribution < -0.4 is 10.9 Å². The molecule has 2 N–H and O–H groups in total. The van der Waals surface area contributed by atoms with E-state index in [9.17, 15) is 9.59 Å². The molecule has 0 spiro atoms. The summed E-state index contributed by atoms with van der Waals surface area (Å²) < 4.78 is 0. The van der Waals surface area contributed by atoms with Gasteiger partial charge in [0.25, 0.3) is 5.56 Å². The maximum absolute atomic E-state index is 12.1. The van der Waals surface area contributed by atoms with E-state index in [0.29, 0.717) is 11.1 Å². The minimum atomic E-state index is -0.177. The largest absolute Gasteiger partial charge is 0.348 e. The standard InChI is InChI=1S/C18H16N2O2S/c1-12(9-15-6-4-8-23-15)17(21)19-11-14-10-13-5-2-3-7-16(13)20-18(14)22/h2-10H,11H2,1H3,(H,19,21)(H,20,22)/b12-9+. The zero-order valence-corrected chi connectivity index (χ0v) is 13.4. The molecule has 0 bridgehead atoms. The minimum absolute atomic E-state index is 0.175. The van der Waals surface area contributed by atoms with Crippen LogP contribution in [-0.4, -0.2) is 10.9 Å². The van der Waals surface area contributed by atoms with Crippen LogP contribution in [0.5, 0.6) is 0 Å². The van der Waals surface area contributed by atoms with E-state index >= 15 is 0 Å². The monoisotopic (exact) mass is 324 g/mol. The van der Waals surface area contributed by atoms with Crippen molar-refractivity contribution in [2.24, 2.45) is 0 Å². The molecular weight excluding hydrogens is 308 g/mol. The van der Waals surface area contributed by atoms with Crippen molar-refractivity contribution in [1.29, 1.82) is 0 Å². The van der Waals surface area contributed by atoms with Gasteiger partial charge in [-0.2, -0.15) is 0 Å². The van der Waals surface area contributed by atoms with Crippen molar-refractivity contribution >= 4 is 34.2 Å². The average molecular weight is 324 g/mol. The van der Waals surface area contributed by atoms with Gasteiger partial charge in [0.05, 0.1) is 0 Å². The number of nitrogens with one attached hydrogen (secondary N) is 2. The van der Waals surface area contributed by atoms with Crippen molar-refractivity contribution in [1.82, 2.24) is 10.3 Å². The molecule has 5 heteroatoms. The number of thiophene rings is 1. The lowest BCUT2D eigenvalue weighted by Gasteiger charge is -2.06. The highest BCUT2D eigenvalue weighted by molar-refractivity contribution is 7.10. The van der Waals surface area contributed by atoms with Crippen LogP contribution in [0.2, 0.25) is 0 Å². The van der Waals surface area contributed by atoms with E-state index in [4.69, 9.17) is 0 Å². The first-order valence-corrected chi connectivity index (χ1v) is 8.12. The molecule has 3 rings (SSSR count). The van der Waals surface area contributed by atoms with Crippen molar-refractivity contribution in [3.63, 3.8) is 0 Å². The van der Waals surface area contributed by atoms with E-state index in [1.807, 2.05) is 53.9 Å². The maximum atomic E-state index is 12.1. The third-order valence-corrected chi connectivity index (χ3v) is 4.35.